The highest BCUT2D eigenvalue weighted by Gasteiger charge is 2.33. The Hall–Kier alpha value is -4.39. The Morgan fingerprint density at radius 3 is 2.86 bits per heavy atom. The Bertz CT molecular complexity index is 1280. The number of carboxylic acid groups (broad SMARTS) is 1. The highest BCUT2D eigenvalue weighted by Crippen LogP contribution is 2.29. The molecule has 0 aliphatic carbocycles. The third-order valence-corrected chi connectivity index (χ3v) is 5.63. The van der Waals surface area contributed by atoms with Gasteiger partial charge in [-0.3, -0.25) is 9.88 Å². The van der Waals surface area contributed by atoms with Crippen molar-refractivity contribution in [2.24, 2.45) is 5.16 Å². The van der Waals surface area contributed by atoms with Gasteiger partial charge in [0.1, 0.15) is 24.2 Å². The van der Waals surface area contributed by atoms with Crippen molar-refractivity contribution in [2.75, 3.05) is 24.7 Å². The quantitative estimate of drug-likeness (QED) is 0.471. The Morgan fingerprint density at radius 1 is 1.25 bits per heavy atom. The molecule has 2 atom stereocenters. The third kappa shape index (κ3) is 5.15. The van der Waals surface area contributed by atoms with Gasteiger partial charge in [0.25, 0.3) is 0 Å². The van der Waals surface area contributed by atoms with Crippen LogP contribution >= 0.6 is 0 Å². The number of hydrogen-bond acceptors (Lipinski definition) is 9. The molecule has 13 heteroatoms. The van der Waals surface area contributed by atoms with Gasteiger partial charge in [0.05, 0.1) is 37.3 Å². The molecule has 36 heavy (non-hydrogen) atoms. The SMILES string of the molecule is O=C(O)COC[C@@H]1CC(c2ccc(-c3ccc(N4C[C@H](Cn5ccnn5)OC4=O)cc3F)cn2)=NO1. The molecular weight excluding hydrogens is 475 g/mol. The van der Waals surface area contributed by atoms with Crippen molar-refractivity contribution < 1.29 is 33.4 Å². The molecule has 0 bridgehead atoms. The molecule has 5 rings (SSSR count). The summed E-state index contributed by atoms with van der Waals surface area (Å²) in [7, 11) is 0. The van der Waals surface area contributed by atoms with Crippen LogP contribution in [0.1, 0.15) is 12.1 Å². The number of pyridine rings is 1. The van der Waals surface area contributed by atoms with E-state index in [1.54, 1.807) is 35.1 Å². The summed E-state index contributed by atoms with van der Waals surface area (Å²) in [6.45, 7) is 0.309. The lowest BCUT2D eigenvalue weighted by molar-refractivity contribution is -0.143. The number of carbonyl (C=O) groups excluding carboxylic acids is 1. The molecule has 2 aliphatic rings. The first-order chi connectivity index (χ1) is 17.5. The molecule has 1 N–H and O–H groups in total. The average Bonchev–Trinajstić information content (AvgIpc) is 3.61. The van der Waals surface area contributed by atoms with Gasteiger partial charge < -0.3 is 19.4 Å². The summed E-state index contributed by atoms with van der Waals surface area (Å²) in [5, 5.41) is 20.2. The molecule has 2 aromatic heterocycles. The molecule has 12 nitrogen and oxygen atoms in total. The zero-order valence-electron chi connectivity index (χ0n) is 18.9. The molecule has 1 fully saturated rings. The van der Waals surface area contributed by atoms with Crippen LogP contribution in [0, 0.1) is 5.82 Å². The summed E-state index contributed by atoms with van der Waals surface area (Å²) >= 11 is 0. The molecule has 0 radical (unpaired) electrons. The molecule has 0 spiro atoms. The summed E-state index contributed by atoms with van der Waals surface area (Å²) in [4.78, 5) is 33.9. The first kappa shape index (κ1) is 23.4. The van der Waals surface area contributed by atoms with Gasteiger partial charge in [-0.05, 0) is 24.3 Å². The predicted molar refractivity (Wildman–Crippen MR) is 122 cm³/mol. The number of amides is 1. The van der Waals surface area contributed by atoms with Gasteiger partial charge in [-0.1, -0.05) is 16.4 Å². The number of ether oxygens (including phenoxy) is 2. The van der Waals surface area contributed by atoms with E-state index in [0.29, 0.717) is 41.2 Å². The van der Waals surface area contributed by atoms with Crippen LogP contribution in [0.5, 0.6) is 0 Å². The number of nitrogens with zero attached hydrogens (tertiary/aromatic N) is 6. The number of carbonyl (C=O) groups is 2. The number of oxime groups is 1. The predicted octanol–water partition coefficient (Wildman–Crippen LogP) is 2.10. The van der Waals surface area contributed by atoms with Crippen LogP contribution in [0.4, 0.5) is 14.9 Å². The second kappa shape index (κ2) is 10.1. The summed E-state index contributed by atoms with van der Waals surface area (Å²) in [6.07, 6.45) is 3.79. The Balaban J connectivity index is 1.22. The summed E-state index contributed by atoms with van der Waals surface area (Å²) in [5.74, 6) is -1.56. The van der Waals surface area contributed by atoms with E-state index in [0.717, 1.165) is 0 Å². The number of aromatic nitrogens is 4. The van der Waals surface area contributed by atoms with Crippen molar-refractivity contribution in [3.8, 4) is 11.1 Å². The van der Waals surface area contributed by atoms with Crippen LogP contribution in [0.15, 0.2) is 54.1 Å². The van der Waals surface area contributed by atoms with Crippen LogP contribution in [0.2, 0.25) is 0 Å². The second-order valence-electron chi connectivity index (χ2n) is 8.22. The van der Waals surface area contributed by atoms with Crippen molar-refractivity contribution in [1.29, 1.82) is 0 Å². The molecule has 1 aromatic carbocycles. The van der Waals surface area contributed by atoms with Crippen molar-refractivity contribution in [2.45, 2.75) is 25.2 Å². The zero-order valence-corrected chi connectivity index (χ0v) is 18.9. The lowest BCUT2D eigenvalue weighted by Gasteiger charge is -2.14. The number of cyclic esters (lactones) is 1. The van der Waals surface area contributed by atoms with E-state index in [1.807, 2.05) is 0 Å². The number of halogens is 1. The Kier molecular flexibility index (Phi) is 6.54. The van der Waals surface area contributed by atoms with Crippen molar-refractivity contribution in [1.82, 2.24) is 20.0 Å². The van der Waals surface area contributed by atoms with Gasteiger partial charge in [-0.25, -0.2) is 18.7 Å². The van der Waals surface area contributed by atoms with Crippen LogP contribution < -0.4 is 4.90 Å². The standard InChI is InChI=1S/C23H21FN6O6/c24-19-7-15(30-11-17(35-23(30)33)10-29-6-5-26-28-29)2-3-18(19)14-1-4-20(25-9-14)21-8-16(36-27-21)12-34-13-22(31)32/h1-7,9,16-17H,8,10-13H2,(H,31,32)/t16-,17-/m0/s1. The molecular formula is C23H21FN6O6. The Morgan fingerprint density at radius 2 is 2.14 bits per heavy atom. The van der Waals surface area contributed by atoms with E-state index in [2.05, 4.69) is 20.5 Å². The van der Waals surface area contributed by atoms with Gasteiger partial charge in [0.15, 0.2) is 6.10 Å². The smallest absolute Gasteiger partial charge is 0.414 e. The fraction of sp³-hybridized carbons (Fsp3) is 0.304. The summed E-state index contributed by atoms with van der Waals surface area (Å²) in [6, 6.07) is 7.96. The van der Waals surface area contributed by atoms with E-state index < -0.39 is 30.6 Å². The normalized spacial score (nSPS) is 19.2. The summed E-state index contributed by atoms with van der Waals surface area (Å²) in [5.41, 5.74) is 2.43. The number of hydrogen-bond donors (Lipinski definition) is 1. The van der Waals surface area contributed by atoms with Crippen LogP contribution in [-0.4, -0.2) is 74.8 Å². The van der Waals surface area contributed by atoms with E-state index in [9.17, 15) is 9.59 Å². The average molecular weight is 496 g/mol. The number of rotatable bonds is 9. The van der Waals surface area contributed by atoms with Gasteiger partial charge in [0.2, 0.25) is 0 Å². The molecule has 1 saturated heterocycles. The summed E-state index contributed by atoms with van der Waals surface area (Å²) < 4.78 is 27.0. The van der Waals surface area contributed by atoms with Crippen LogP contribution in [-0.2, 0) is 25.7 Å². The lowest BCUT2D eigenvalue weighted by Crippen LogP contribution is -2.26. The highest BCUT2D eigenvalue weighted by molar-refractivity contribution is 5.99. The highest BCUT2D eigenvalue weighted by atomic mass is 19.1. The molecule has 0 unspecified atom stereocenters. The van der Waals surface area contributed by atoms with E-state index in [4.69, 9.17) is 19.4 Å². The third-order valence-electron chi connectivity index (χ3n) is 5.63. The maximum absolute atomic E-state index is 15.0. The maximum Gasteiger partial charge on any atom is 0.414 e. The number of aliphatic carboxylic acids is 1. The number of benzene rings is 1. The first-order valence-electron chi connectivity index (χ1n) is 11.1. The van der Waals surface area contributed by atoms with Gasteiger partial charge >= 0.3 is 12.1 Å². The van der Waals surface area contributed by atoms with Crippen molar-refractivity contribution in [3.63, 3.8) is 0 Å². The lowest BCUT2D eigenvalue weighted by atomic mass is 10.0. The van der Waals surface area contributed by atoms with Crippen LogP contribution in [0.3, 0.4) is 0 Å². The Labute approximate surface area is 203 Å². The number of carboxylic acids is 1. The van der Waals surface area contributed by atoms with Crippen LogP contribution in [0.25, 0.3) is 11.1 Å². The molecule has 3 aromatic rings. The topological polar surface area (TPSA) is 141 Å². The molecule has 186 valence electrons. The van der Waals surface area contributed by atoms with Gasteiger partial charge in [-0.2, -0.15) is 0 Å². The minimum atomic E-state index is -1.06. The largest absolute Gasteiger partial charge is 0.480 e. The molecule has 0 saturated carbocycles. The second-order valence-corrected chi connectivity index (χ2v) is 8.22. The van der Waals surface area contributed by atoms with Gasteiger partial charge in [-0.15, -0.1) is 5.10 Å². The fourth-order valence-corrected chi connectivity index (χ4v) is 3.94. The van der Waals surface area contributed by atoms with E-state index in [-0.39, 0.29) is 19.3 Å². The fourth-order valence-electron chi connectivity index (χ4n) is 3.94. The maximum atomic E-state index is 15.0. The molecule has 1 amide bonds. The monoisotopic (exact) mass is 496 g/mol. The minimum Gasteiger partial charge on any atom is -0.480 e. The van der Waals surface area contributed by atoms with Crippen molar-refractivity contribution in [3.05, 3.63) is 60.4 Å². The number of anilines is 1. The van der Waals surface area contributed by atoms with Crippen molar-refractivity contribution >= 4 is 23.5 Å². The van der Waals surface area contributed by atoms with Gasteiger partial charge in [0, 0.05) is 29.9 Å². The zero-order chi connectivity index (χ0) is 25.1. The first-order valence-corrected chi connectivity index (χ1v) is 11.1. The molecule has 2 aliphatic heterocycles. The van der Waals surface area contributed by atoms with E-state index >= 15 is 4.39 Å². The molecule has 4 heterocycles. The van der Waals surface area contributed by atoms with E-state index in [1.165, 1.54) is 23.4 Å². The minimum absolute atomic E-state index is 0.0979.